The summed E-state index contributed by atoms with van der Waals surface area (Å²) in [5.74, 6) is 1.99. The number of aromatic nitrogens is 2. The second-order valence-electron chi connectivity index (χ2n) is 6.81. The Balaban J connectivity index is 2.15. The van der Waals surface area contributed by atoms with E-state index in [0.717, 1.165) is 40.2 Å². The third kappa shape index (κ3) is 3.56. The highest BCUT2D eigenvalue weighted by Crippen LogP contribution is 2.42. The number of nitrogens with one attached hydrogen (secondary N) is 1. The van der Waals surface area contributed by atoms with Gasteiger partial charge >= 0.3 is 0 Å². The van der Waals surface area contributed by atoms with Crippen molar-refractivity contribution in [3.8, 4) is 11.3 Å². The van der Waals surface area contributed by atoms with Crippen molar-refractivity contribution >= 4 is 27.4 Å². The fraction of sp³-hybridized carbons (Fsp3) is 0.474. The highest BCUT2D eigenvalue weighted by Gasteiger charge is 2.31. The first-order valence-electron chi connectivity index (χ1n) is 9.07. The molecule has 0 spiro atoms. The summed E-state index contributed by atoms with van der Waals surface area (Å²) < 4.78 is 1.03. The minimum absolute atomic E-state index is 0.0531. The summed E-state index contributed by atoms with van der Waals surface area (Å²) in [5, 5.41) is 13.4. The highest BCUT2D eigenvalue weighted by molar-refractivity contribution is 9.10. The molecule has 0 unspecified atom stereocenters. The zero-order valence-corrected chi connectivity index (χ0v) is 17.3. The van der Waals surface area contributed by atoms with Crippen LogP contribution in [0.1, 0.15) is 44.5 Å². The number of nitrogens with zero attached hydrogens (tertiary/aromatic N) is 4. The second-order valence-corrected chi connectivity index (χ2v) is 7.67. The number of β-amino-alcohol motifs (C(OH)–C–C–N with tert-alkyl or cyclic N) is 1. The fourth-order valence-electron chi connectivity index (χ4n) is 3.14. The summed E-state index contributed by atoms with van der Waals surface area (Å²) in [6, 6.07) is 6.45. The smallest absolute Gasteiger partial charge is 0.173 e. The number of anilines is 2. The predicted molar refractivity (Wildman–Crippen MR) is 109 cm³/mol. The lowest BCUT2D eigenvalue weighted by molar-refractivity contribution is 0.297. The van der Waals surface area contributed by atoms with E-state index in [1.54, 1.807) is 0 Å². The van der Waals surface area contributed by atoms with E-state index in [1.807, 2.05) is 11.9 Å². The molecule has 2 heterocycles. The predicted octanol–water partition coefficient (Wildman–Crippen LogP) is 3.79. The Kier molecular flexibility index (Phi) is 5.79. The van der Waals surface area contributed by atoms with Gasteiger partial charge in [-0.25, -0.2) is 9.97 Å². The molecule has 6 nitrogen and oxygen atoms in total. The number of hydrogen-bond acceptors (Lipinski definition) is 6. The number of rotatable bonds is 6. The van der Waals surface area contributed by atoms with E-state index in [0.29, 0.717) is 18.3 Å². The van der Waals surface area contributed by atoms with Crippen LogP contribution in [0.5, 0.6) is 0 Å². The summed E-state index contributed by atoms with van der Waals surface area (Å²) in [5.41, 5.74) is 7.53. The van der Waals surface area contributed by atoms with Crippen molar-refractivity contribution in [2.45, 2.75) is 40.0 Å². The molecule has 3 rings (SSSR count). The van der Waals surface area contributed by atoms with Gasteiger partial charge in [-0.1, -0.05) is 48.8 Å². The van der Waals surface area contributed by atoms with Gasteiger partial charge in [0.1, 0.15) is 17.2 Å². The van der Waals surface area contributed by atoms with E-state index in [2.05, 4.69) is 70.4 Å². The number of fused-ring (bicyclic) bond motifs is 1. The summed E-state index contributed by atoms with van der Waals surface area (Å²) in [6.07, 6.45) is 0.986. The molecule has 1 aliphatic heterocycles. The molecule has 1 aromatic heterocycles. The van der Waals surface area contributed by atoms with Crippen molar-refractivity contribution in [3.63, 3.8) is 0 Å². The van der Waals surface area contributed by atoms with Crippen molar-refractivity contribution in [3.05, 3.63) is 34.1 Å². The second kappa shape index (κ2) is 7.90. The van der Waals surface area contributed by atoms with E-state index in [4.69, 9.17) is 4.98 Å². The Morgan fingerprint density at radius 3 is 2.58 bits per heavy atom. The summed E-state index contributed by atoms with van der Waals surface area (Å²) in [6.45, 7) is 9.77. The van der Waals surface area contributed by atoms with Crippen LogP contribution in [-0.2, 0) is 0 Å². The molecule has 26 heavy (non-hydrogen) atoms. The number of hydrazine groups is 2. The van der Waals surface area contributed by atoms with Crippen molar-refractivity contribution in [2.24, 2.45) is 0 Å². The fourth-order valence-corrected chi connectivity index (χ4v) is 3.73. The van der Waals surface area contributed by atoms with Crippen molar-refractivity contribution in [1.82, 2.24) is 15.5 Å². The Hall–Kier alpha value is -1.70. The van der Waals surface area contributed by atoms with Gasteiger partial charge in [0.05, 0.1) is 13.2 Å². The average molecular weight is 420 g/mol. The van der Waals surface area contributed by atoms with Crippen LogP contribution in [0.2, 0.25) is 0 Å². The van der Waals surface area contributed by atoms with E-state index in [9.17, 15) is 5.11 Å². The maximum Gasteiger partial charge on any atom is 0.173 e. The number of aliphatic hydroxyl groups is 1. The lowest BCUT2D eigenvalue weighted by Gasteiger charge is -2.21. The van der Waals surface area contributed by atoms with Crippen LogP contribution in [0.3, 0.4) is 0 Å². The minimum atomic E-state index is 0.0531. The largest absolute Gasteiger partial charge is 0.394 e. The lowest BCUT2D eigenvalue weighted by Crippen LogP contribution is -2.46. The molecule has 140 valence electrons. The number of aryl methyl sites for hydroxylation is 1. The summed E-state index contributed by atoms with van der Waals surface area (Å²) in [4.78, 5) is 9.40. The van der Waals surface area contributed by atoms with Gasteiger partial charge in [0.2, 0.25) is 0 Å². The molecule has 0 saturated carbocycles. The Morgan fingerprint density at radius 2 is 1.96 bits per heavy atom. The third-order valence-corrected chi connectivity index (χ3v) is 5.09. The Morgan fingerprint density at radius 1 is 1.19 bits per heavy atom. The first-order valence-corrected chi connectivity index (χ1v) is 9.86. The third-order valence-electron chi connectivity index (χ3n) is 4.43. The van der Waals surface area contributed by atoms with Crippen LogP contribution in [-0.4, -0.2) is 34.8 Å². The van der Waals surface area contributed by atoms with Gasteiger partial charge in [-0.15, -0.1) is 5.53 Å². The molecule has 0 radical (unpaired) electrons. The molecule has 2 N–H and O–H groups in total. The van der Waals surface area contributed by atoms with Crippen LogP contribution < -0.4 is 15.6 Å². The number of halogens is 1. The number of aliphatic hydroxyl groups excluding tert-OH is 1. The van der Waals surface area contributed by atoms with Gasteiger partial charge in [-0.3, -0.25) is 10.0 Å². The molecular weight excluding hydrogens is 394 g/mol. The van der Waals surface area contributed by atoms with Crippen LogP contribution in [0.4, 0.5) is 11.5 Å². The topological polar surface area (TPSA) is 64.5 Å². The van der Waals surface area contributed by atoms with Gasteiger partial charge in [-0.2, -0.15) is 0 Å². The molecule has 2 aromatic rings. The van der Waals surface area contributed by atoms with E-state index < -0.39 is 0 Å². The average Bonchev–Trinajstić information content (AvgIpc) is 2.92. The zero-order chi connectivity index (χ0) is 18.8. The monoisotopic (exact) mass is 419 g/mol. The van der Waals surface area contributed by atoms with Crippen molar-refractivity contribution < 1.29 is 5.11 Å². The van der Waals surface area contributed by atoms with Gasteiger partial charge in [0.15, 0.2) is 5.82 Å². The molecule has 1 aromatic carbocycles. The minimum Gasteiger partial charge on any atom is -0.394 e. The maximum atomic E-state index is 9.40. The van der Waals surface area contributed by atoms with Crippen LogP contribution in [0.15, 0.2) is 22.7 Å². The van der Waals surface area contributed by atoms with Crippen LogP contribution in [0.25, 0.3) is 11.3 Å². The highest BCUT2D eigenvalue weighted by atomic mass is 79.9. The number of benzene rings is 1. The van der Waals surface area contributed by atoms with Gasteiger partial charge < -0.3 is 5.11 Å². The summed E-state index contributed by atoms with van der Waals surface area (Å²) >= 11 is 3.74. The molecule has 0 amide bonds. The molecule has 7 heteroatoms. The van der Waals surface area contributed by atoms with Gasteiger partial charge in [0.25, 0.3) is 0 Å². The maximum absolute atomic E-state index is 9.40. The molecule has 0 aliphatic carbocycles. The molecule has 0 atom stereocenters. The van der Waals surface area contributed by atoms with Crippen molar-refractivity contribution in [2.75, 3.05) is 29.7 Å². The molecular formula is C19H26BrN5O. The molecule has 0 saturated heterocycles. The SMILES string of the molecule is CCCN1NN(CCO)c2nc(C)nc(-c3ccc(C(C)C)cc3Br)c21. The molecule has 1 aliphatic rings. The first kappa shape index (κ1) is 19.1. The molecule has 0 fully saturated rings. The molecule has 0 bridgehead atoms. The Labute approximate surface area is 163 Å². The standard InChI is InChI=1S/C19H26BrN5O/c1-5-8-24-18-17(15-7-6-14(12(2)3)11-16(15)20)21-13(4)22-19(18)25(23-24)9-10-26/h6-7,11-12,23,26H,5,8-10H2,1-4H3. The van der Waals surface area contributed by atoms with Gasteiger partial charge in [0, 0.05) is 16.6 Å². The normalized spacial score (nSPS) is 13.7. The van der Waals surface area contributed by atoms with Crippen LogP contribution in [0, 0.1) is 6.92 Å². The van der Waals surface area contributed by atoms with E-state index in [1.165, 1.54) is 5.56 Å². The quantitative estimate of drug-likeness (QED) is 0.742. The van der Waals surface area contributed by atoms with E-state index in [-0.39, 0.29) is 6.61 Å². The van der Waals surface area contributed by atoms with E-state index >= 15 is 0 Å². The van der Waals surface area contributed by atoms with Gasteiger partial charge in [-0.05, 0) is 30.9 Å². The Bertz CT molecular complexity index is 796. The first-order chi connectivity index (χ1) is 12.5. The lowest BCUT2D eigenvalue weighted by atomic mass is 10.00. The van der Waals surface area contributed by atoms with Crippen LogP contribution >= 0.6 is 15.9 Å². The zero-order valence-electron chi connectivity index (χ0n) is 15.8. The number of hydrogen-bond donors (Lipinski definition) is 2. The summed E-state index contributed by atoms with van der Waals surface area (Å²) in [7, 11) is 0. The van der Waals surface area contributed by atoms with Crippen molar-refractivity contribution in [1.29, 1.82) is 0 Å².